The molecule has 2 aromatic rings. The summed E-state index contributed by atoms with van der Waals surface area (Å²) in [6, 6.07) is 1.84. The van der Waals surface area contributed by atoms with Gasteiger partial charge in [0.15, 0.2) is 0 Å². The van der Waals surface area contributed by atoms with Crippen molar-refractivity contribution in [2.45, 2.75) is 71.1 Å². The Morgan fingerprint density at radius 3 is 2.59 bits per heavy atom. The van der Waals surface area contributed by atoms with E-state index in [4.69, 9.17) is 4.74 Å². The molecule has 2 aromatic heterocycles. The molecular formula is C23H31N5O4. The number of rotatable bonds is 4. The molecule has 172 valence electrons. The average Bonchev–Trinajstić information content (AvgIpc) is 3.52. The van der Waals surface area contributed by atoms with Gasteiger partial charge < -0.3 is 19.1 Å². The highest BCUT2D eigenvalue weighted by molar-refractivity contribution is 5.97. The molecule has 5 heterocycles. The van der Waals surface area contributed by atoms with E-state index in [1.165, 1.54) is 4.52 Å². The van der Waals surface area contributed by atoms with Crippen LogP contribution in [0.2, 0.25) is 0 Å². The molecule has 0 bridgehead atoms. The molecule has 0 saturated carbocycles. The Kier molecular flexibility index (Phi) is 5.11. The van der Waals surface area contributed by atoms with Crippen LogP contribution in [0.25, 0.3) is 5.65 Å². The summed E-state index contributed by atoms with van der Waals surface area (Å²) in [6.07, 6.45) is 3.90. The zero-order valence-electron chi connectivity index (χ0n) is 19.1. The Hall–Kier alpha value is -2.68. The van der Waals surface area contributed by atoms with Crippen LogP contribution >= 0.6 is 0 Å². The predicted molar refractivity (Wildman–Crippen MR) is 118 cm³/mol. The monoisotopic (exact) mass is 441 g/mol. The summed E-state index contributed by atoms with van der Waals surface area (Å²) in [6.45, 7) is 8.99. The minimum atomic E-state index is -0.279. The van der Waals surface area contributed by atoms with Crippen LogP contribution in [0.5, 0.6) is 0 Å². The highest BCUT2D eigenvalue weighted by atomic mass is 16.5. The van der Waals surface area contributed by atoms with E-state index in [0.29, 0.717) is 30.1 Å². The number of carbonyl (C=O) groups is 2. The lowest BCUT2D eigenvalue weighted by Crippen LogP contribution is -2.35. The van der Waals surface area contributed by atoms with Gasteiger partial charge in [-0.1, -0.05) is 20.8 Å². The van der Waals surface area contributed by atoms with Crippen LogP contribution in [0.1, 0.15) is 68.2 Å². The van der Waals surface area contributed by atoms with Gasteiger partial charge in [-0.2, -0.15) is 9.61 Å². The lowest BCUT2D eigenvalue weighted by molar-refractivity contribution is -0.130. The zero-order chi connectivity index (χ0) is 22.6. The van der Waals surface area contributed by atoms with Crippen molar-refractivity contribution in [1.29, 1.82) is 0 Å². The van der Waals surface area contributed by atoms with E-state index >= 15 is 0 Å². The number of hydrogen-bond acceptors (Lipinski definition) is 5. The third kappa shape index (κ3) is 3.52. The first-order valence-electron chi connectivity index (χ1n) is 11.6. The van der Waals surface area contributed by atoms with Crippen LogP contribution in [0.4, 0.5) is 0 Å². The third-order valence-electron chi connectivity index (χ3n) is 6.78. The molecule has 1 atom stereocenters. The molecule has 0 spiro atoms. The molecule has 0 radical (unpaired) electrons. The maximum absolute atomic E-state index is 13.5. The fourth-order valence-corrected chi connectivity index (χ4v) is 4.93. The standard InChI is InChI=1S/C23H31N5O4/c1-23(2,3)17-11-18-27(14-19(29)25-8-4-5-9-25)20-16(21(30)28(18)24-17)13-26(22(20)31)12-15-7-6-10-32-15/h11,15H,4-10,12-14H2,1-3H3. The molecule has 0 N–H and O–H groups in total. The van der Waals surface area contributed by atoms with Crippen molar-refractivity contribution in [3.05, 3.63) is 33.4 Å². The van der Waals surface area contributed by atoms with Crippen LogP contribution in [-0.4, -0.2) is 68.1 Å². The van der Waals surface area contributed by atoms with Crippen LogP contribution in [0.15, 0.2) is 10.9 Å². The second kappa shape index (κ2) is 7.72. The molecular weight excluding hydrogens is 410 g/mol. The molecule has 2 fully saturated rings. The number of likely N-dealkylation sites (tertiary alicyclic amines) is 1. The van der Waals surface area contributed by atoms with Crippen molar-refractivity contribution in [3.8, 4) is 0 Å². The first kappa shape index (κ1) is 21.2. The molecule has 1 unspecified atom stereocenters. The summed E-state index contributed by atoms with van der Waals surface area (Å²) in [7, 11) is 0. The molecule has 32 heavy (non-hydrogen) atoms. The highest BCUT2D eigenvalue weighted by Gasteiger charge is 2.37. The molecule has 3 aliphatic heterocycles. The van der Waals surface area contributed by atoms with E-state index in [1.807, 2.05) is 31.7 Å². The fraction of sp³-hybridized carbons (Fsp3) is 0.652. The Morgan fingerprint density at radius 2 is 1.94 bits per heavy atom. The first-order valence-corrected chi connectivity index (χ1v) is 11.6. The number of nitrogens with zero attached hydrogens (tertiary/aromatic N) is 5. The number of fused-ring (bicyclic) bond motifs is 2. The maximum atomic E-state index is 13.5. The lowest BCUT2D eigenvalue weighted by atomic mass is 9.93. The van der Waals surface area contributed by atoms with Crippen molar-refractivity contribution in [1.82, 2.24) is 24.0 Å². The van der Waals surface area contributed by atoms with Crippen molar-refractivity contribution in [2.24, 2.45) is 0 Å². The van der Waals surface area contributed by atoms with Gasteiger partial charge in [0, 0.05) is 37.7 Å². The third-order valence-corrected chi connectivity index (χ3v) is 6.78. The summed E-state index contributed by atoms with van der Waals surface area (Å²) in [5.41, 5.74) is 1.45. The molecule has 5 rings (SSSR count). The number of amides is 2. The van der Waals surface area contributed by atoms with E-state index in [2.05, 4.69) is 5.10 Å². The van der Waals surface area contributed by atoms with E-state index < -0.39 is 0 Å². The Bertz CT molecular complexity index is 1130. The van der Waals surface area contributed by atoms with E-state index in [-0.39, 0.29) is 42.0 Å². The number of hydrogen-bond donors (Lipinski definition) is 0. The molecule has 2 saturated heterocycles. The highest BCUT2D eigenvalue weighted by Crippen LogP contribution is 2.27. The van der Waals surface area contributed by atoms with Gasteiger partial charge in [-0.3, -0.25) is 14.4 Å². The van der Waals surface area contributed by atoms with Gasteiger partial charge in [-0.05, 0) is 25.7 Å². The normalized spacial score (nSPS) is 21.2. The maximum Gasteiger partial charge on any atom is 0.280 e. The topological polar surface area (TPSA) is 89.2 Å². The molecule has 9 heteroatoms. The van der Waals surface area contributed by atoms with Crippen LogP contribution in [-0.2, 0) is 28.0 Å². The van der Waals surface area contributed by atoms with Crippen molar-refractivity contribution < 1.29 is 14.3 Å². The Balaban J connectivity index is 1.60. The van der Waals surface area contributed by atoms with E-state index in [9.17, 15) is 14.4 Å². The van der Waals surface area contributed by atoms with Crippen LogP contribution in [0.3, 0.4) is 0 Å². The summed E-state index contributed by atoms with van der Waals surface area (Å²) in [5.74, 6) is -0.234. The van der Waals surface area contributed by atoms with Gasteiger partial charge in [0.05, 0.1) is 23.9 Å². The quantitative estimate of drug-likeness (QED) is 0.718. The van der Waals surface area contributed by atoms with Gasteiger partial charge in [0.1, 0.15) is 17.9 Å². The molecule has 0 aliphatic carbocycles. The number of ether oxygens (including phenoxy) is 1. The number of carbonyl (C=O) groups excluding carboxylic acids is 2. The average molecular weight is 442 g/mol. The molecule has 0 aromatic carbocycles. The first-order chi connectivity index (χ1) is 15.2. The predicted octanol–water partition coefficient (Wildman–Crippen LogP) is 1.55. The smallest absolute Gasteiger partial charge is 0.280 e. The van der Waals surface area contributed by atoms with E-state index in [0.717, 1.165) is 44.5 Å². The number of aromatic nitrogens is 3. The lowest BCUT2D eigenvalue weighted by Gasteiger charge is -2.20. The SMILES string of the molecule is CC(C)(C)c1cc2n(CC(=O)N3CCCC3)c3c(c(=O)n2n1)CN(CC1CCCO1)C3=O. The summed E-state index contributed by atoms with van der Waals surface area (Å²) >= 11 is 0. The molecule has 2 amide bonds. The van der Waals surface area contributed by atoms with Crippen LogP contribution < -0.4 is 5.56 Å². The van der Waals surface area contributed by atoms with Gasteiger partial charge in [-0.15, -0.1) is 0 Å². The van der Waals surface area contributed by atoms with Crippen molar-refractivity contribution in [3.63, 3.8) is 0 Å². The van der Waals surface area contributed by atoms with Gasteiger partial charge in [-0.25, -0.2) is 0 Å². The van der Waals surface area contributed by atoms with Crippen molar-refractivity contribution >= 4 is 17.5 Å². The zero-order valence-corrected chi connectivity index (χ0v) is 19.1. The van der Waals surface area contributed by atoms with Gasteiger partial charge in [0.25, 0.3) is 11.5 Å². The summed E-state index contributed by atoms with van der Waals surface area (Å²) in [5, 5.41) is 4.58. The van der Waals surface area contributed by atoms with Gasteiger partial charge in [0.2, 0.25) is 5.91 Å². The van der Waals surface area contributed by atoms with Crippen LogP contribution in [0, 0.1) is 0 Å². The minimum Gasteiger partial charge on any atom is -0.376 e. The van der Waals surface area contributed by atoms with Gasteiger partial charge >= 0.3 is 0 Å². The summed E-state index contributed by atoms with van der Waals surface area (Å²) in [4.78, 5) is 43.4. The minimum absolute atomic E-state index is 0.000350. The molecule has 9 nitrogen and oxygen atoms in total. The van der Waals surface area contributed by atoms with E-state index in [1.54, 1.807) is 9.47 Å². The Morgan fingerprint density at radius 1 is 1.19 bits per heavy atom. The largest absolute Gasteiger partial charge is 0.376 e. The second-order valence-corrected chi connectivity index (χ2v) is 10.2. The second-order valence-electron chi connectivity index (χ2n) is 10.2. The molecule has 3 aliphatic rings. The summed E-state index contributed by atoms with van der Waals surface area (Å²) < 4.78 is 8.81. The van der Waals surface area contributed by atoms with Crippen molar-refractivity contribution in [2.75, 3.05) is 26.2 Å². The fourth-order valence-electron chi connectivity index (χ4n) is 4.93. The Labute approximate surface area is 186 Å².